The van der Waals surface area contributed by atoms with Gasteiger partial charge in [-0.1, -0.05) is 34.1 Å². The summed E-state index contributed by atoms with van der Waals surface area (Å²) in [7, 11) is 0. The molecule has 1 aromatic carbocycles. The van der Waals surface area contributed by atoms with Crippen molar-refractivity contribution in [2.24, 2.45) is 5.73 Å². The second-order valence-electron chi connectivity index (χ2n) is 4.39. The number of hydrogen-bond donors (Lipinski definition) is 1. The van der Waals surface area contributed by atoms with Crippen LogP contribution in [0, 0.1) is 0 Å². The highest BCUT2D eigenvalue weighted by Crippen LogP contribution is 2.17. The Morgan fingerprint density at radius 2 is 2.11 bits per heavy atom. The second-order valence-corrected chi connectivity index (χ2v) is 5.24. The normalized spacial score (nSPS) is 12.6. The lowest BCUT2D eigenvalue weighted by molar-refractivity contribution is 0.601. The van der Waals surface area contributed by atoms with Crippen LogP contribution in [0.4, 0.5) is 0 Å². The van der Waals surface area contributed by atoms with Crippen molar-refractivity contribution in [2.75, 3.05) is 0 Å². The van der Waals surface area contributed by atoms with Crippen molar-refractivity contribution in [3.63, 3.8) is 0 Å². The monoisotopic (exact) mass is 307 g/mol. The van der Waals surface area contributed by atoms with Crippen molar-refractivity contribution in [2.45, 2.75) is 32.4 Å². The van der Waals surface area contributed by atoms with E-state index in [1.54, 1.807) is 0 Å². The van der Waals surface area contributed by atoms with Gasteiger partial charge in [-0.15, -0.1) is 0 Å². The molecule has 1 heterocycles. The molecule has 0 radical (unpaired) electrons. The van der Waals surface area contributed by atoms with Crippen LogP contribution in [0.25, 0.3) is 0 Å². The van der Waals surface area contributed by atoms with E-state index in [1.807, 2.05) is 24.5 Å². The Balaban J connectivity index is 2.01. The third kappa shape index (κ3) is 3.21. The molecule has 3 nitrogen and oxygen atoms in total. The number of benzene rings is 1. The van der Waals surface area contributed by atoms with Crippen LogP contribution in [0.1, 0.15) is 18.3 Å². The molecule has 0 amide bonds. The number of hydrogen-bond acceptors (Lipinski definition) is 2. The van der Waals surface area contributed by atoms with Gasteiger partial charge in [-0.3, -0.25) is 0 Å². The van der Waals surface area contributed by atoms with Crippen molar-refractivity contribution in [1.29, 1.82) is 0 Å². The van der Waals surface area contributed by atoms with Crippen molar-refractivity contribution < 1.29 is 0 Å². The quantitative estimate of drug-likeness (QED) is 0.923. The van der Waals surface area contributed by atoms with Gasteiger partial charge in [0.1, 0.15) is 5.82 Å². The highest BCUT2D eigenvalue weighted by atomic mass is 79.9. The molecule has 18 heavy (non-hydrogen) atoms. The Morgan fingerprint density at radius 3 is 2.83 bits per heavy atom. The van der Waals surface area contributed by atoms with Gasteiger partial charge >= 0.3 is 0 Å². The molecule has 96 valence electrons. The van der Waals surface area contributed by atoms with Crippen molar-refractivity contribution >= 4 is 15.9 Å². The molecule has 0 aliphatic carbocycles. The van der Waals surface area contributed by atoms with Gasteiger partial charge in [-0.25, -0.2) is 4.98 Å². The van der Waals surface area contributed by atoms with E-state index in [1.165, 1.54) is 5.56 Å². The summed E-state index contributed by atoms with van der Waals surface area (Å²) in [5.41, 5.74) is 7.46. The number of halogens is 1. The zero-order valence-electron chi connectivity index (χ0n) is 10.5. The maximum atomic E-state index is 6.22. The van der Waals surface area contributed by atoms with Crippen molar-refractivity contribution in [3.8, 4) is 0 Å². The number of imidazole rings is 1. The van der Waals surface area contributed by atoms with Gasteiger partial charge in [0.15, 0.2) is 0 Å². The highest BCUT2D eigenvalue weighted by molar-refractivity contribution is 9.10. The minimum atomic E-state index is 0.0939. The van der Waals surface area contributed by atoms with E-state index in [2.05, 4.69) is 44.5 Å². The van der Waals surface area contributed by atoms with Gasteiger partial charge in [0.25, 0.3) is 0 Å². The first-order chi connectivity index (χ1) is 8.70. The van der Waals surface area contributed by atoms with Crippen LogP contribution in [-0.2, 0) is 19.4 Å². The molecular formula is C14H18BrN3. The molecule has 1 atom stereocenters. The molecule has 2 aromatic rings. The topological polar surface area (TPSA) is 43.8 Å². The third-order valence-corrected chi connectivity index (χ3v) is 3.80. The van der Waals surface area contributed by atoms with E-state index in [-0.39, 0.29) is 6.04 Å². The van der Waals surface area contributed by atoms with Crippen molar-refractivity contribution in [1.82, 2.24) is 9.55 Å². The van der Waals surface area contributed by atoms with Crippen LogP contribution >= 0.6 is 15.9 Å². The summed E-state index contributed by atoms with van der Waals surface area (Å²) < 4.78 is 3.26. The van der Waals surface area contributed by atoms with Gasteiger partial charge in [-0.2, -0.15) is 0 Å². The molecule has 2 rings (SSSR count). The Bertz CT molecular complexity index is 507. The lowest BCUT2D eigenvalue weighted by Crippen LogP contribution is -2.27. The minimum Gasteiger partial charge on any atom is -0.335 e. The number of nitrogens with two attached hydrogens (primary N) is 1. The predicted octanol–water partition coefficient (Wildman–Crippen LogP) is 2.78. The molecule has 1 aromatic heterocycles. The fourth-order valence-electron chi connectivity index (χ4n) is 2.07. The summed E-state index contributed by atoms with van der Waals surface area (Å²) in [6.07, 6.45) is 5.50. The summed E-state index contributed by atoms with van der Waals surface area (Å²) in [5, 5.41) is 0. The molecule has 1 unspecified atom stereocenters. The molecule has 0 aliphatic heterocycles. The maximum absolute atomic E-state index is 6.22. The minimum absolute atomic E-state index is 0.0939. The first kappa shape index (κ1) is 13.3. The predicted molar refractivity (Wildman–Crippen MR) is 77.4 cm³/mol. The summed E-state index contributed by atoms with van der Waals surface area (Å²) in [6.45, 7) is 3.06. The van der Waals surface area contributed by atoms with Gasteiger partial charge in [0, 0.05) is 35.9 Å². The van der Waals surface area contributed by atoms with E-state index in [4.69, 9.17) is 5.73 Å². The van der Waals surface area contributed by atoms with Crippen LogP contribution < -0.4 is 5.73 Å². The highest BCUT2D eigenvalue weighted by Gasteiger charge is 2.10. The van der Waals surface area contributed by atoms with Crippen LogP contribution in [-0.4, -0.2) is 15.6 Å². The van der Waals surface area contributed by atoms with Crippen LogP contribution in [0.2, 0.25) is 0 Å². The summed E-state index contributed by atoms with van der Waals surface area (Å²) in [4.78, 5) is 4.36. The fourth-order valence-corrected chi connectivity index (χ4v) is 2.52. The van der Waals surface area contributed by atoms with E-state index in [0.29, 0.717) is 0 Å². The average Bonchev–Trinajstić information content (AvgIpc) is 2.79. The van der Waals surface area contributed by atoms with Crippen molar-refractivity contribution in [3.05, 3.63) is 52.5 Å². The SMILES string of the molecule is CCn1ccnc1CC(N)Cc1ccccc1Br. The molecule has 0 aliphatic rings. The number of rotatable bonds is 5. The Morgan fingerprint density at radius 1 is 1.33 bits per heavy atom. The lowest BCUT2D eigenvalue weighted by Gasteiger charge is -2.13. The zero-order valence-corrected chi connectivity index (χ0v) is 12.1. The molecule has 4 heteroatoms. The van der Waals surface area contributed by atoms with Gasteiger partial charge < -0.3 is 10.3 Å². The number of aryl methyl sites for hydroxylation is 1. The Kier molecular flexibility index (Phi) is 4.55. The zero-order chi connectivity index (χ0) is 13.0. The lowest BCUT2D eigenvalue weighted by atomic mass is 10.0. The third-order valence-electron chi connectivity index (χ3n) is 3.03. The maximum Gasteiger partial charge on any atom is 0.110 e. The number of nitrogens with zero attached hydrogens (tertiary/aromatic N) is 2. The molecule has 2 N–H and O–H groups in total. The van der Waals surface area contributed by atoms with Crippen LogP contribution in [0.3, 0.4) is 0 Å². The summed E-state index contributed by atoms with van der Waals surface area (Å²) in [5.74, 6) is 1.07. The van der Waals surface area contributed by atoms with Gasteiger partial charge in [0.05, 0.1) is 0 Å². The Hall–Kier alpha value is -1.13. The average molecular weight is 308 g/mol. The largest absolute Gasteiger partial charge is 0.335 e. The molecular weight excluding hydrogens is 290 g/mol. The molecule has 0 saturated carbocycles. The van der Waals surface area contributed by atoms with Crippen LogP contribution in [0.5, 0.6) is 0 Å². The van der Waals surface area contributed by atoms with E-state index < -0.39 is 0 Å². The van der Waals surface area contributed by atoms with Gasteiger partial charge in [-0.05, 0) is 25.0 Å². The fraction of sp³-hybridized carbons (Fsp3) is 0.357. The first-order valence-electron chi connectivity index (χ1n) is 6.19. The summed E-state index contributed by atoms with van der Waals surface area (Å²) in [6, 6.07) is 8.31. The van der Waals surface area contributed by atoms with Gasteiger partial charge in [0.2, 0.25) is 0 Å². The Labute approximate surface area is 116 Å². The second kappa shape index (κ2) is 6.16. The summed E-state index contributed by atoms with van der Waals surface area (Å²) >= 11 is 3.55. The smallest absolute Gasteiger partial charge is 0.110 e. The van der Waals surface area contributed by atoms with E-state index in [9.17, 15) is 0 Å². The van der Waals surface area contributed by atoms with E-state index >= 15 is 0 Å². The number of aromatic nitrogens is 2. The molecule has 0 spiro atoms. The van der Waals surface area contributed by atoms with Crippen LogP contribution in [0.15, 0.2) is 41.1 Å². The molecule has 0 saturated heterocycles. The first-order valence-corrected chi connectivity index (χ1v) is 6.99. The standard InChI is InChI=1S/C14H18BrN3/c1-2-18-8-7-17-14(18)10-12(16)9-11-5-3-4-6-13(11)15/h3-8,12H,2,9-10,16H2,1H3. The molecule has 0 fully saturated rings. The molecule has 0 bridgehead atoms. The van der Waals surface area contributed by atoms with E-state index in [0.717, 1.165) is 29.7 Å².